The minimum absolute atomic E-state index is 0.131. The zero-order chi connectivity index (χ0) is 14.5. The smallest absolute Gasteiger partial charge is 0.192 e. The minimum atomic E-state index is -1.76. The fraction of sp³-hybridized carbons (Fsp3) is 0.875. The van der Waals surface area contributed by atoms with Gasteiger partial charge in [-0.1, -0.05) is 39.7 Å². The topological polar surface area (TPSA) is 29.5 Å². The second kappa shape index (κ2) is 4.71. The van der Waals surface area contributed by atoms with E-state index < -0.39 is 13.9 Å². The van der Waals surface area contributed by atoms with Gasteiger partial charge in [0, 0.05) is 5.92 Å². The van der Waals surface area contributed by atoms with Gasteiger partial charge in [-0.05, 0) is 43.5 Å². The lowest BCUT2D eigenvalue weighted by molar-refractivity contribution is -0.0373. The molecular weight excluding hydrogens is 252 g/mol. The van der Waals surface area contributed by atoms with Crippen molar-refractivity contribution in [2.75, 3.05) is 0 Å². The molecule has 0 aromatic heterocycles. The van der Waals surface area contributed by atoms with Gasteiger partial charge in [0.25, 0.3) is 0 Å². The molecule has 0 aliphatic heterocycles. The van der Waals surface area contributed by atoms with Crippen LogP contribution in [0, 0.1) is 5.92 Å². The lowest BCUT2D eigenvalue weighted by atomic mass is 9.74. The van der Waals surface area contributed by atoms with E-state index in [0.717, 1.165) is 24.8 Å². The number of rotatable bonds is 2. The molecule has 2 aliphatic carbocycles. The maximum atomic E-state index is 10.9. The van der Waals surface area contributed by atoms with Crippen LogP contribution in [0.15, 0.2) is 11.6 Å². The van der Waals surface area contributed by atoms with Crippen LogP contribution < -0.4 is 0 Å². The third-order valence-electron chi connectivity index (χ3n) is 5.67. The van der Waals surface area contributed by atoms with Crippen molar-refractivity contribution in [1.29, 1.82) is 0 Å². The predicted molar refractivity (Wildman–Crippen MR) is 82.7 cm³/mol. The van der Waals surface area contributed by atoms with E-state index in [1.165, 1.54) is 6.42 Å². The van der Waals surface area contributed by atoms with Crippen LogP contribution in [0.4, 0.5) is 0 Å². The molecule has 0 spiro atoms. The lowest BCUT2D eigenvalue weighted by Crippen LogP contribution is -2.49. The van der Waals surface area contributed by atoms with Crippen LogP contribution in [0.25, 0.3) is 0 Å². The Labute approximate surface area is 119 Å². The standard InChI is InChI=1S/C16H30O2Si/c1-12-11-14(18-19(5,6)15(2,3)4)13-9-7-8-10-16(12,13)17/h11,13-14,17H,7-10H2,1-6H3/t13-,14-,16-/m1/s1. The molecule has 0 aromatic carbocycles. The molecule has 0 saturated heterocycles. The summed E-state index contributed by atoms with van der Waals surface area (Å²) in [7, 11) is -1.76. The molecule has 0 amide bonds. The highest BCUT2D eigenvalue weighted by atomic mass is 28.4. The summed E-state index contributed by atoms with van der Waals surface area (Å²) in [5.41, 5.74) is 0.562. The number of fused-ring (bicyclic) bond motifs is 1. The van der Waals surface area contributed by atoms with E-state index in [4.69, 9.17) is 4.43 Å². The summed E-state index contributed by atoms with van der Waals surface area (Å²) in [4.78, 5) is 0. The van der Waals surface area contributed by atoms with Crippen LogP contribution in [-0.4, -0.2) is 25.1 Å². The Morgan fingerprint density at radius 2 is 1.95 bits per heavy atom. The molecule has 0 unspecified atom stereocenters. The molecule has 0 aromatic rings. The third-order valence-corrected chi connectivity index (χ3v) is 10.1. The molecule has 110 valence electrons. The van der Waals surface area contributed by atoms with E-state index in [1.807, 2.05) is 0 Å². The van der Waals surface area contributed by atoms with Crippen molar-refractivity contribution in [3.63, 3.8) is 0 Å². The van der Waals surface area contributed by atoms with Crippen molar-refractivity contribution in [3.8, 4) is 0 Å². The monoisotopic (exact) mass is 282 g/mol. The Morgan fingerprint density at radius 1 is 1.32 bits per heavy atom. The largest absolute Gasteiger partial charge is 0.410 e. The average Bonchev–Trinajstić information content (AvgIpc) is 2.49. The van der Waals surface area contributed by atoms with Gasteiger partial charge in [-0.25, -0.2) is 0 Å². The van der Waals surface area contributed by atoms with Crippen molar-refractivity contribution in [2.24, 2.45) is 5.92 Å². The van der Waals surface area contributed by atoms with E-state index in [1.54, 1.807) is 0 Å². The fourth-order valence-electron chi connectivity index (χ4n) is 3.25. The molecule has 1 N–H and O–H groups in total. The number of hydrogen-bond acceptors (Lipinski definition) is 2. The van der Waals surface area contributed by atoms with Crippen molar-refractivity contribution in [1.82, 2.24) is 0 Å². The minimum Gasteiger partial charge on any atom is -0.410 e. The van der Waals surface area contributed by atoms with Crippen LogP contribution in [0.5, 0.6) is 0 Å². The summed E-state index contributed by atoms with van der Waals surface area (Å²) in [6.45, 7) is 13.5. The highest BCUT2D eigenvalue weighted by Gasteiger charge is 2.51. The molecule has 2 aliphatic rings. The van der Waals surface area contributed by atoms with E-state index in [0.29, 0.717) is 0 Å². The van der Waals surface area contributed by atoms with E-state index in [2.05, 4.69) is 46.9 Å². The molecule has 1 saturated carbocycles. The molecule has 3 heteroatoms. The highest BCUT2D eigenvalue weighted by molar-refractivity contribution is 6.74. The van der Waals surface area contributed by atoms with Crippen molar-refractivity contribution in [2.45, 2.75) is 83.2 Å². The first-order valence-corrected chi connectivity index (χ1v) is 10.6. The van der Waals surface area contributed by atoms with E-state index in [-0.39, 0.29) is 17.1 Å². The maximum Gasteiger partial charge on any atom is 0.192 e. The highest BCUT2D eigenvalue weighted by Crippen LogP contribution is 2.49. The zero-order valence-electron chi connectivity index (χ0n) is 13.4. The predicted octanol–water partition coefficient (Wildman–Crippen LogP) is 4.26. The molecule has 2 nitrogen and oxygen atoms in total. The Bertz CT molecular complexity index is 381. The average molecular weight is 282 g/mol. The summed E-state index contributed by atoms with van der Waals surface area (Å²) in [5, 5.41) is 11.1. The van der Waals surface area contributed by atoms with Crippen molar-refractivity contribution in [3.05, 3.63) is 11.6 Å². The summed E-state index contributed by atoms with van der Waals surface area (Å²) >= 11 is 0. The van der Waals surface area contributed by atoms with Gasteiger partial charge >= 0.3 is 0 Å². The van der Waals surface area contributed by atoms with Gasteiger partial charge in [0.15, 0.2) is 8.32 Å². The van der Waals surface area contributed by atoms with Gasteiger partial charge in [0.05, 0.1) is 11.7 Å². The van der Waals surface area contributed by atoms with Crippen LogP contribution in [-0.2, 0) is 4.43 Å². The van der Waals surface area contributed by atoms with Gasteiger partial charge < -0.3 is 9.53 Å². The first-order valence-electron chi connectivity index (χ1n) is 7.67. The Hall–Kier alpha value is -0.123. The maximum absolute atomic E-state index is 10.9. The molecular formula is C16H30O2Si. The first-order chi connectivity index (χ1) is 8.58. The molecule has 2 rings (SSSR count). The fourth-order valence-corrected chi connectivity index (χ4v) is 4.51. The summed E-state index contributed by atoms with van der Waals surface area (Å²) in [6.07, 6.45) is 6.72. The molecule has 3 atom stereocenters. The van der Waals surface area contributed by atoms with Gasteiger partial charge in [0.1, 0.15) is 0 Å². The van der Waals surface area contributed by atoms with Crippen molar-refractivity contribution >= 4 is 8.32 Å². The quantitative estimate of drug-likeness (QED) is 0.606. The third kappa shape index (κ3) is 2.57. The van der Waals surface area contributed by atoms with Gasteiger partial charge in [-0.3, -0.25) is 0 Å². The molecule has 0 radical (unpaired) electrons. The molecule has 0 bridgehead atoms. The summed E-state index contributed by atoms with van der Waals surface area (Å²) in [6, 6.07) is 0. The Morgan fingerprint density at radius 3 is 2.53 bits per heavy atom. The molecule has 19 heavy (non-hydrogen) atoms. The second-order valence-corrected chi connectivity index (χ2v) is 12.7. The number of hydrogen-bond donors (Lipinski definition) is 1. The van der Waals surface area contributed by atoms with Gasteiger partial charge in [-0.2, -0.15) is 0 Å². The van der Waals surface area contributed by atoms with Crippen molar-refractivity contribution < 1.29 is 9.53 Å². The molecule has 1 fully saturated rings. The van der Waals surface area contributed by atoms with Crippen LogP contribution in [0.2, 0.25) is 18.1 Å². The first kappa shape index (κ1) is 15.3. The second-order valence-electron chi connectivity index (χ2n) is 7.97. The number of aliphatic hydroxyl groups is 1. The summed E-state index contributed by atoms with van der Waals surface area (Å²) < 4.78 is 6.57. The zero-order valence-corrected chi connectivity index (χ0v) is 14.4. The van der Waals surface area contributed by atoms with Crippen LogP contribution >= 0.6 is 0 Å². The van der Waals surface area contributed by atoms with Gasteiger partial charge in [-0.15, -0.1) is 0 Å². The summed E-state index contributed by atoms with van der Waals surface area (Å²) in [5.74, 6) is 0.287. The van der Waals surface area contributed by atoms with Gasteiger partial charge in [0.2, 0.25) is 0 Å². The Balaban J connectivity index is 2.19. The Kier molecular flexibility index (Phi) is 3.79. The molecule has 0 heterocycles. The normalized spacial score (nSPS) is 36.1. The van der Waals surface area contributed by atoms with E-state index >= 15 is 0 Å². The van der Waals surface area contributed by atoms with Crippen LogP contribution in [0.3, 0.4) is 0 Å². The SMILES string of the molecule is CC1=C[C@@H](O[Si](C)(C)C(C)(C)C)[C@H]2CCCC[C@@]12O. The lowest BCUT2D eigenvalue weighted by Gasteiger charge is -2.43. The van der Waals surface area contributed by atoms with E-state index in [9.17, 15) is 5.11 Å². The van der Waals surface area contributed by atoms with Crippen LogP contribution in [0.1, 0.15) is 53.4 Å².